The van der Waals surface area contributed by atoms with E-state index in [-0.39, 0.29) is 18.7 Å². The zero-order chi connectivity index (χ0) is 17.6. The van der Waals surface area contributed by atoms with Crippen LogP contribution in [0.4, 0.5) is 0 Å². The van der Waals surface area contributed by atoms with Gasteiger partial charge in [0.2, 0.25) is 0 Å². The van der Waals surface area contributed by atoms with E-state index in [1.807, 2.05) is 0 Å². The number of ether oxygens (including phenoxy) is 5. The van der Waals surface area contributed by atoms with Crippen molar-refractivity contribution < 1.29 is 48.3 Å². The number of carbonyl (C=O) groups excluding carboxylic acids is 4. The summed E-state index contributed by atoms with van der Waals surface area (Å²) in [7, 11) is 0. The molecule has 0 aromatic carbocycles. The fourth-order valence-electron chi connectivity index (χ4n) is 2.16. The van der Waals surface area contributed by atoms with Gasteiger partial charge in [0, 0.05) is 27.7 Å². The Hall–Kier alpha value is -2.20. The third kappa shape index (κ3) is 6.92. The molecule has 1 rings (SSSR count). The lowest BCUT2D eigenvalue weighted by atomic mass is 9.99. The van der Waals surface area contributed by atoms with Gasteiger partial charge in [0.1, 0.15) is 12.7 Å². The minimum absolute atomic E-state index is 0. The molecule has 0 saturated carbocycles. The molecule has 10 nitrogen and oxygen atoms in total. The highest BCUT2D eigenvalue weighted by Crippen LogP contribution is 2.24. The fraction of sp³-hybridized carbons (Fsp3) is 0.714. The van der Waals surface area contributed by atoms with E-state index < -0.39 is 48.3 Å². The number of hydrogen-bond acceptors (Lipinski definition) is 9. The van der Waals surface area contributed by atoms with Gasteiger partial charge in [-0.2, -0.15) is 0 Å². The van der Waals surface area contributed by atoms with E-state index in [0.29, 0.717) is 0 Å². The maximum atomic E-state index is 11.3. The molecular weight excluding hydrogens is 328 g/mol. The Morgan fingerprint density at radius 2 is 1.33 bits per heavy atom. The second-order valence-corrected chi connectivity index (χ2v) is 4.97. The summed E-state index contributed by atoms with van der Waals surface area (Å²) in [5, 5.41) is 0. The topological polar surface area (TPSA) is 146 Å². The molecule has 1 aliphatic rings. The SMILES string of the molecule is CC(=O)OC[C@H]1OC[C@H](OC(C)=O)[C@@H](OC(C)=O)[C@@H]1OC(C)=O.O. The van der Waals surface area contributed by atoms with Crippen molar-refractivity contribution >= 4 is 23.9 Å². The van der Waals surface area contributed by atoms with E-state index in [1.54, 1.807) is 0 Å². The summed E-state index contributed by atoms with van der Waals surface area (Å²) < 4.78 is 25.6. The van der Waals surface area contributed by atoms with Crippen molar-refractivity contribution in [3.05, 3.63) is 0 Å². The largest absolute Gasteiger partial charge is 0.463 e. The van der Waals surface area contributed by atoms with Crippen molar-refractivity contribution in [1.82, 2.24) is 0 Å². The summed E-state index contributed by atoms with van der Waals surface area (Å²) in [6, 6.07) is 0. The van der Waals surface area contributed by atoms with E-state index >= 15 is 0 Å². The molecule has 4 atom stereocenters. The van der Waals surface area contributed by atoms with Crippen LogP contribution in [-0.4, -0.2) is 67.0 Å². The number of hydrogen-bond donors (Lipinski definition) is 0. The molecule has 0 aromatic rings. The van der Waals surface area contributed by atoms with Crippen LogP contribution in [0.15, 0.2) is 0 Å². The van der Waals surface area contributed by atoms with Gasteiger partial charge in [-0.1, -0.05) is 0 Å². The molecule has 0 aromatic heterocycles. The molecule has 0 aliphatic carbocycles. The lowest BCUT2D eigenvalue weighted by molar-refractivity contribution is -0.231. The van der Waals surface area contributed by atoms with Gasteiger partial charge in [-0.25, -0.2) is 0 Å². The normalized spacial score (nSPS) is 25.7. The Bertz CT molecular complexity index is 474. The Morgan fingerprint density at radius 3 is 1.79 bits per heavy atom. The molecule has 1 heterocycles. The van der Waals surface area contributed by atoms with Crippen molar-refractivity contribution in [2.24, 2.45) is 0 Å². The first-order valence-corrected chi connectivity index (χ1v) is 6.97. The Kier molecular flexibility index (Phi) is 8.93. The van der Waals surface area contributed by atoms with Gasteiger partial charge in [-0.3, -0.25) is 19.2 Å². The van der Waals surface area contributed by atoms with Crippen molar-refractivity contribution in [3.8, 4) is 0 Å². The third-order valence-electron chi connectivity index (χ3n) is 2.90. The van der Waals surface area contributed by atoms with E-state index in [4.69, 9.17) is 23.7 Å². The van der Waals surface area contributed by atoms with Crippen molar-refractivity contribution in [3.63, 3.8) is 0 Å². The maximum absolute atomic E-state index is 11.3. The monoisotopic (exact) mass is 350 g/mol. The van der Waals surface area contributed by atoms with Crippen LogP contribution < -0.4 is 0 Å². The van der Waals surface area contributed by atoms with Gasteiger partial charge < -0.3 is 29.2 Å². The zero-order valence-electron chi connectivity index (χ0n) is 13.9. The molecule has 0 bridgehead atoms. The maximum Gasteiger partial charge on any atom is 0.303 e. The summed E-state index contributed by atoms with van der Waals surface area (Å²) in [4.78, 5) is 44.8. The minimum Gasteiger partial charge on any atom is -0.463 e. The van der Waals surface area contributed by atoms with Crippen LogP contribution in [0.25, 0.3) is 0 Å². The van der Waals surface area contributed by atoms with Crippen LogP contribution in [-0.2, 0) is 42.9 Å². The molecule has 1 aliphatic heterocycles. The zero-order valence-corrected chi connectivity index (χ0v) is 13.9. The average molecular weight is 350 g/mol. The van der Waals surface area contributed by atoms with E-state index in [2.05, 4.69) is 0 Å². The molecule has 1 fully saturated rings. The number of rotatable bonds is 5. The Morgan fingerprint density at radius 1 is 0.833 bits per heavy atom. The van der Waals surface area contributed by atoms with Crippen LogP contribution in [0.1, 0.15) is 27.7 Å². The Labute approximate surface area is 138 Å². The van der Waals surface area contributed by atoms with Gasteiger partial charge >= 0.3 is 23.9 Å². The van der Waals surface area contributed by atoms with Gasteiger partial charge in [-0.05, 0) is 0 Å². The molecule has 2 N–H and O–H groups in total. The summed E-state index contributed by atoms with van der Waals surface area (Å²) in [5.41, 5.74) is 0. The highest BCUT2D eigenvalue weighted by molar-refractivity contribution is 5.68. The van der Waals surface area contributed by atoms with Crippen LogP contribution in [0.5, 0.6) is 0 Å². The smallest absolute Gasteiger partial charge is 0.303 e. The number of esters is 4. The standard InChI is InChI=1S/C14H20O9.H2O/c1-7(15)19-5-11-13(22-9(3)17)14(23-10(4)18)12(6-20-11)21-8(2)16;/h11-14H,5-6H2,1-4H3;1H2/t11-,12+,13-,14-;/m1./s1. The minimum atomic E-state index is -1.08. The van der Waals surface area contributed by atoms with Crippen molar-refractivity contribution in [2.75, 3.05) is 13.2 Å². The lowest BCUT2D eigenvalue weighted by Gasteiger charge is -2.40. The third-order valence-corrected chi connectivity index (χ3v) is 2.90. The van der Waals surface area contributed by atoms with E-state index in [1.165, 1.54) is 27.7 Å². The Balaban J connectivity index is 0.00000529. The molecule has 138 valence electrons. The van der Waals surface area contributed by atoms with Gasteiger partial charge in [0.25, 0.3) is 0 Å². The predicted octanol–water partition coefficient (Wildman–Crippen LogP) is -1.08. The molecule has 24 heavy (non-hydrogen) atoms. The first-order chi connectivity index (χ1) is 10.7. The molecule has 0 amide bonds. The highest BCUT2D eigenvalue weighted by atomic mass is 16.7. The van der Waals surface area contributed by atoms with Gasteiger partial charge in [-0.15, -0.1) is 0 Å². The average Bonchev–Trinajstić information content (AvgIpc) is 2.39. The molecule has 0 unspecified atom stereocenters. The predicted molar refractivity (Wildman–Crippen MR) is 76.6 cm³/mol. The highest BCUT2D eigenvalue weighted by Gasteiger charge is 2.47. The molecule has 1 saturated heterocycles. The van der Waals surface area contributed by atoms with E-state index in [9.17, 15) is 19.2 Å². The van der Waals surface area contributed by atoms with Gasteiger partial charge in [0.15, 0.2) is 18.3 Å². The van der Waals surface area contributed by atoms with Crippen molar-refractivity contribution in [1.29, 1.82) is 0 Å². The number of carbonyl (C=O) groups is 4. The van der Waals surface area contributed by atoms with Crippen LogP contribution in [0.3, 0.4) is 0 Å². The molecule has 0 radical (unpaired) electrons. The summed E-state index contributed by atoms with van der Waals surface area (Å²) >= 11 is 0. The lowest BCUT2D eigenvalue weighted by Crippen LogP contribution is -2.58. The van der Waals surface area contributed by atoms with Gasteiger partial charge in [0.05, 0.1) is 6.61 Å². The van der Waals surface area contributed by atoms with Crippen LogP contribution in [0.2, 0.25) is 0 Å². The first kappa shape index (κ1) is 21.8. The second kappa shape index (κ2) is 9.83. The van der Waals surface area contributed by atoms with Crippen LogP contribution in [0, 0.1) is 0 Å². The van der Waals surface area contributed by atoms with Crippen molar-refractivity contribution in [2.45, 2.75) is 52.1 Å². The summed E-state index contributed by atoms with van der Waals surface area (Å²) in [5.74, 6) is -2.43. The molecular formula is C14H22O10. The molecule has 10 heteroatoms. The first-order valence-electron chi connectivity index (χ1n) is 6.97. The molecule has 0 spiro atoms. The summed E-state index contributed by atoms with van der Waals surface area (Å²) in [6.07, 6.45) is -3.92. The quantitative estimate of drug-likeness (QED) is 0.446. The van der Waals surface area contributed by atoms with Crippen LogP contribution >= 0.6 is 0 Å². The van der Waals surface area contributed by atoms with E-state index in [0.717, 1.165) is 0 Å². The second-order valence-electron chi connectivity index (χ2n) is 4.97. The fourth-order valence-corrected chi connectivity index (χ4v) is 2.16. The summed E-state index contributed by atoms with van der Waals surface area (Å²) in [6.45, 7) is 4.46.